The van der Waals surface area contributed by atoms with Crippen LogP contribution in [0.5, 0.6) is 5.75 Å². The van der Waals surface area contributed by atoms with Crippen LogP contribution in [0.4, 0.5) is 24.7 Å². The van der Waals surface area contributed by atoms with Gasteiger partial charge in [0.15, 0.2) is 0 Å². The zero-order valence-corrected chi connectivity index (χ0v) is 17.0. The maximum absolute atomic E-state index is 12.3. The van der Waals surface area contributed by atoms with Gasteiger partial charge in [0.05, 0.1) is 12.6 Å². The predicted octanol–water partition coefficient (Wildman–Crippen LogP) is 3.64. The number of pyridine rings is 1. The summed E-state index contributed by atoms with van der Waals surface area (Å²) in [5.74, 6) is -0.786. The van der Waals surface area contributed by atoms with E-state index >= 15 is 0 Å². The molecule has 1 aromatic heterocycles. The van der Waals surface area contributed by atoms with Crippen LogP contribution >= 0.6 is 15.9 Å². The second-order valence-electron chi connectivity index (χ2n) is 6.06. The van der Waals surface area contributed by atoms with Gasteiger partial charge < -0.3 is 15.4 Å². The van der Waals surface area contributed by atoms with E-state index in [1.54, 1.807) is 32.3 Å². The molecule has 2 aromatic rings. The Labute approximate surface area is 173 Å². The molecule has 0 bridgehead atoms. The van der Waals surface area contributed by atoms with Gasteiger partial charge in [0.2, 0.25) is 11.8 Å². The Morgan fingerprint density at radius 1 is 1.17 bits per heavy atom. The molecule has 0 aliphatic carbocycles. The molecule has 2 rings (SSSR count). The van der Waals surface area contributed by atoms with Gasteiger partial charge in [-0.15, -0.1) is 13.2 Å². The minimum absolute atomic E-state index is 0.0648. The third-order valence-corrected chi connectivity index (χ3v) is 4.25. The highest BCUT2D eigenvalue weighted by Gasteiger charge is 2.31. The van der Waals surface area contributed by atoms with E-state index in [0.717, 1.165) is 16.6 Å². The van der Waals surface area contributed by atoms with Crippen molar-refractivity contribution in [2.24, 2.45) is 0 Å². The summed E-state index contributed by atoms with van der Waals surface area (Å²) in [5, 5.41) is 5.19. The number of halogens is 4. The number of anilines is 2. The number of amides is 2. The van der Waals surface area contributed by atoms with Crippen molar-refractivity contribution in [3.8, 4) is 5.75 Å². The fourth-order valence-corrected chi connectivity index (χ4v) is 2.42. The molecule has 0 saturated heterocycles. The summed E-state index contributed by atoms with van der Waals surface area (Å²) >= 11 is 3.25. The van der Waals surface area contributed by atoms with E-state index in [1.807, 2.05) is 0 Å². The van der Waals surface area contributed by atoms with E-state index < -0.39 is 18.3 Å². The van der Waals surface area contributed by atoms with Crippen LogP contribution in [0, 0.1) is 0 Å². The molecular weight excluding hydrogens is 457 g/mol. The summed E-state index contributed by atoms with van der Waals surface area (Å²) in [7, 11) is 1.60. The largest absolute Gasteiger partial charge is 0.573 e. The van der Waals surface area contributed by atoms with Gasteiger partial charge in [-0.2, -0.15) is 0 Å². The molecule has 7 nitrogen and oxygen atoms in total. The first-order chi connectivity index (χ1) is 13.5. The lowest BCUT2D eigenvalue weighted by molar-refractivity contribution is -0.274. The number of alkyl halides is 3. The van der Waals surface area contributed by atoms with Gasteiger partial charge in [-0.3, -0.25) is 14.5 Å². The van der Waals surface area contributed by atoms with Crippen molar-refractivity contribution in [3.63, 3.8) is 0 Å². The topological polar surface area (TPSA) is 83.6 Å². The molecule has 29 heavy (non-hydrogen) atoms. The standard InChI is InChI=1S/C18H18BrF3N4O3/c1-11(26(2)10-16(27)25-15-8-3-12(19)9-23-15)17(28)24-13-4-6-14(7-5-13)29-18(20,21)22/h3-9,11H,10H2,1-2H3,(H,24,28)(H,23,25,27). The maximum atomic E-state index is 12.3. The Bertz CT molecular complexity index is 845. The van der Waals surface area contributed by atoms with Crippen molar-refractivity contribution in [1.82, 2.24) is 9.88 Å². The van der Waals surface area contributed by atoms with Crippen molar-refractivity contribution >= 4 is 39.2 Å². The Kier molecular flexibility index (Phi) is 7.57. The van der Waals surface area contributed by atoms with Gasteiger partial charge >= 0.3 is 6.36 Å². The molecular formula is C18H18BrF3N4O3. The summed E-state index contributed by atoms with van der Waals surface area (Å²) in [6.07, 6.45) is -3.24. The lowest BCUT2D eigenvalue weighted by Gasteiger charge is -2.23. The molecule has 0 radical (unpaired) electrons. The lowest BCUT2D eigenvalue weighted by atomic mass is 10.2. The van der Waals surface area contributed by atoms with Crippen molar-refractivity contribution < 1.29 is 27.5 Å². The maximum Gasteiger partial charge on any atom is 0.573 e. The van der Waals surface area contributed by atoms with Gasteiger partial charge in [-0.1, -0.05) is 0 Å². The number of carbonyl (C=O) groups excluding carboxylic acids is 2. The van der Waals surface area contributed by atoms with E-state index in [0.29, 0.717) is 11.5 Å². The first-order valence-corrected chi connectivity index (χ1v) is 9.11. The SMILES string of the molecule is CC(C(=O)Nc1ccc(OC(F)(F)F)cc1)N(C)CC(=O)Nc1ccc(Br)cn1. The summed E-state index contributed by atoms with van der Waals surface area (Å²) < 4.78 is 41.1. The molecule has 11 heteroatoms. The number of hydrogen-bond acceptors (Lipinski definition) is 5. The van der Waals surface area contributed by atoms with Gasteiger partial charge in [-0.05, 0) is 66.3 Å². The Morgan fingerprint density at radius 3 is 2.38 bits per heavy atom. The number of nitrogens with one attached hydrogen (secondary N) is 2. The zero-order chi connectivity index (χ0) is 21.6. The molecule has 1 heterocycles. The summed E-state index contributed by atoms with van der Waals surface area (Å²) in [4.78, 5) is 30.0. The van der Waals surface area contributed by atoms with Crippen LogP contribution < -0.4 is 15.4 Å². The molecule has 1 aromatic carbocycles. The third-order valence-electron chi connectivity index (χ3n) is 3.78. The monoisotopic (exact) mass is 474 g/mol. The molecule has 0 saturated carbocycles. The smallest absolute Gasteiger partial charge is 0.406 e. The van der Waals surface area contributed by atoms with Crippen LogP contribution in [-0.2, 0) is 9.59 Å². The van der Waals surface area contributed by atoms with Crippen LogP contribution in [0.3, 0.4) is 0 Å². The van der Waals surface area contributed by atoms with Crippen molar-refractivity contribution in [2.75, 3.05) is 24.2 Å². The Morgan fingerprint density at radius 2 is 1.83 bits per heavy atom. The molecule has 1 unspecified atom stereocenters. The highest BCUT2D eigenvalue weighted by Crippen LogP contribution is 2.24. The van der Waals surface area contributed by atoms with Crippen molar-refractivity contribution in [3.05, 3.63) is 47.1 Å². The minimum atomic E-state index is -4.78. The van der Waals surface area contributed by atoms with E-state index in [9.17, 15) is 22.8 Å². The average Bonchev–Trinajstić information content (AvgIpc) is 2.63. The second kappa shape index (κ2) is 9.70. The van der Waals surface area contributed by atoms with Crippen LogP contribution in [-0.4, -0.2) is 47.7 Å². The predicted molar refractivity (Wildman–Crippen MR) is 104 cm³/mol. The third kappa shape index (κ3) is 7.70. The average molecular weight is 475 g/mol. The summed E-state index contributed by atoms with van der Waals surface area (Å²) in [5.41, 5.74) is 0.299. The molecule has 0 aliphatic rings. The van der Waals surface area contributed by atoms with E-state index in [4.69, 9.17) is 0 Å². The number of benzene rings is 1. The normalized spacial score (nSPS) is 12.4. The van der Waals surface area contributed by atoms with Crippen LogP contribution in [0.15, 0.2) is 47.1 Å². The van der Waals surface area contributed by atoms with Crippen LogP contribution in [0.2, 0.25) is 0 Å². The minimum Gasteiger partial charge on any atom is -0.406 e. The molecule has 0 spiro atoms. The number of hydrogen-bond donors (Lipinski definition) is 2. The van der Waals surface area contributed by atoms with E-state index in [-0.39, 0.29) is 18.2 Å². The van der Waals surface area contributed by atoms with Crippen LogP contribution in [0.1, 0.15) is 6.92 Å². The lowest BCUT2D eigenvalue weighted by Crippen LogP contribution is -2.43. The zero-order valence-electron chi connectivity index (χ0n) is 15.5. The first kappa shape index (κ1) is 22.6. The van der Waals surface area contributed by atoms with E-state index in [2.05, 4.69) is 36.3 Å². The molecule has 2 N–H and O–H groups in total. The molecule has 0 aliphatic heterocycles. The first-order valence-electron chi connectivity index (χ1n) is 8.32. The summed E-state index contributed by atoms with van der Waals surface area (Å²) in [6.45, 7) is 1.53. The quantitative estimate of drug-likeness (QED) is 0.639. The number of likely N-dealkylation sites (N-methyl/N-ethyl adjacent to an activating group) is 1. The molecule has 2 amide bonds. The van der Waals surface area contributed by atoms with E-state index in [1.165, 1.54) is 17.0 Å². The van der Waals surface area contributed by atoms with Gasteiger partial charge in [0, 0.05) is 16.4 Å². The number of carbonyl (C=O) groups is 2. The van der Waals surface area contributed by atoms with Crippen molar-refractivity contribution in [1.29, 1.82) is 0 Å². The van der Waals surface area contributed by atoms with Gasteiger partial charge in [-0.25, -0.2) is 4.98 Å². The van der Waals surface area contributed by atoms with Gasteiger partial charge in [0.1, 0.15) is 11.6 Å². The highest BCUT2D eigenvalue weighted by molar-refractivity contribution is 9.10. The summed E-state index contributed by atoms with van der Waals surface area (Å²) in [6, 6.07) is 7.45. The molecule has 156 valence electrons. The van der Waals surface area contributed by atoms with Gasteiger partial charge in [0.25, 0.3) is 0 Å². The Balaban J connectivity index is 1.86. The second-order valence-corrected chi connectivity index (χ2v) is 6.98. The highest BCUT2D eigenvalue weighted by atomic mass is 79.9. The molecule has 0 fully saturated rings. The number of rotatable bonds is 7. The number of nitrogens with zero attached hydrogens (tertiary/aromatic N) is 2. The Hall–Kier alpha value is -2.66. The van der Waals surface area contributed by atoms with Crippen molar-refractivity contribution in [2.45, 2.75) is 19.3 Å². The fourth-order valence-electron chi connectivity index (χ4n) is 2.18. The fraction of sp³-hybridized carbons (Fsp3) is 0.278. The number of aromatic nitrogens is 1. The van der Waals surface area contributed by atoms with Crippen LogP contribution in [0.25, 0.3) is 0 Å². The molecule has 1 atom stereocenters. The number of ether oxygens (including phenoxy) is 1.